The van der Waals surface area contributed by atoms with Gasteiger partial charge in [-0.3, -0.25) is 0 Å². The third-order valence-corrected chi connectivity index (χ3v) is 3.75. The Labute approximate surface area is 99.3 Å². The minimum absolute atomic E-state index is 0.206. The molecule has 0 atom stereocenters. The van der Waals surface area contributed by atoms with Gasteiger partial charge in [-0.1, -0.05) is 31.5 Å². The molecule has 1 aromatic rings. The highest BCUT2D eigenvalue weighted by Gasteiger charge is 2.32. The summed E-state index contributed by atoms with van der Waals surface area (Å²) in [6.45, 7) is 11.5. The van der Waals surface area contributed by atoms with Crippen LogP contribution in [0.5, 0.6) is 0 Å². The van der Waals surface area contributed by atoms with Crippen molar-refractivity contribution >= 4 is 5.69 Å². The summed E-state index contributed by atoms with van der Waals surface area (Å²) in [6, 6.07) is 6.77. The molecule has 1 aliphatic heterocycles. The van der Waals surface area contributed by atoms with Crippen molar-refractivity contribution in [2.75, 3.05) is 5.32 Å². The monoisotopic (exact) mass is 217 g/mol. The van der Waals surface area contributed by atoms with Crippen LogP contribution in [-0.4, -0.2) is 5.54 Å². The van der Waals surface area contributed by atoms with Gasteiger partial charge in [-0.05, 0) is 50.7 Å². The number of benzene rings is 1. The lowest BCUT2D eigenvalue weighted by Crippen LogP contribution is -2.29. The molecule has 1 aliphatic rings. The summed E-state index contributed by atoms with van der Waals surface area (Å²) in [5.41, 5.74) is 4.63. The highest BCUT2D eigenvalue weighted by Crippen LogP contribution is 2.40. The van der Waals surface area contributed by atoms with E-state index >= 15 is 0 Å². The molecule has 0 unspecified atom stereocenters. The summed E-state index contributed by atoms with van der Waals surface area (Å²) < 4.78 is 0. The highest BCUT2D eigenvalue weighted by molar-refractivity contribution is 5.58. The second-order valence-corrected chi connectivity index (χ2v) is 6.44. The Morgan fingerprint density at radius 2 is 1.75 bits per heavy atom. The molecule has 1 heteroatoms. The normalized spacial score (nSPS) is 21.8. The van der Waals surface area contributed by atoms with Crippen molar-refractivity contribution < 1.29 is 0 Å². The Balaban J connectivity index is 2.54. The van der Waals surface area contributed by atoms with E-state index in [-0.39, 0.29) is 11.0 Å². The van der Waals surface area contributed by atoms with E-state index in [0.29, 0.717) is 0 Å². The summed E-state index contributed by atoms with van der Waals surface area (Å²) in [4.78, 5) is 0. The molecule has 0 radical (unpaired) electrons. The highest BCUT2D eigenvalue weighted by atomic mass is 15.0. The van der Waals surface area contributed by atoms with Crippen LogP contribution in [0.4, 0.5) is 5.69 Å². The van der Waals surface area contributed by atoms with E-state index in [1.54, 1.807) is 0 Å². The van der Waals surface area contributed by atoms with E-state index in [1.807, 2.05) is 0 Å². The van der Waals surface area contributed by atoms with Gasteiger partial charge in [0.15, 0.2) is 0 Å². The lowest BCUT2D eigenvalue weighted by Gasteiger charge is -2.25. The van der Waals surface area contributed by atoms with E-state index < -0.39 is 0 Å². The van der Waals surface area contributed by atoms with Gasteiger partial charge in [0.25, 0.3) is 0 Å². The van der Waals surface area contributed by atoms with Gasteiger partial charge >= 0.3 is 0 Å². The average Bonchev–Trinajstić information content (AvgIpc) is 2.25. The van der Waals surface area contributed by atoms with Crippen LogP contribution in [0.1, 0.15) is 51.7 Å². The van der Waals surface area contributed by atoms with E-state index in [1.165, 1.54) is 29.7 Å². The molecule has 1 aromatic carbocycles. The number of rotatable bonds is 0. The molecule has 2 rings (SSSR count). The third kappa shape index (κ3) is 2.09. The molecule has 1 heterocycles. The zero-order chi connectivity index (χ0) is 12.0. The van der Waals surface area contributed by atoms with Crippen LogP contribution in [0, 0.1) is 6.92 Å². The number of nitrogens with one attached hydrogen (secondary N) is 1. The molecule has 0 aromatic heterocycles. The smallest absolute Gasteiger partial charge is 0.0382 e. The minimum Gasteiger partial charge on any atom is -0.380 e. The summed E-state index contributed by atoms with van der Waals surface area (Å²) >= 11 is 0. The molecular weight excluding hydrogens is 194 g/mol. The van der Waals surface area contributed by atoms with Gasteiger partial charge in [0.2, 0.25) is 0 Å². The van der Waals surface area contributed by atoms with Crippen molar-refractivity contribution in [2.24, 2.45) is 0 Å². The first kappa shape index (κ1) is 11.5. The van der Waals surface area contributed by atoms with Crippen LogP contribution in [0.2, 0.25) is 0 Å². The van der Waals surface area contributed by atoms with Gasteiger partial charge in [0.05, 0.1) is 0 Å². The van der Waals surface area contributed by atoms with Gasteiger partial charge in [-0.15, -0.1) is 0 Å². The lowest BCUT2D eigenvalue weighted by atomic mass is 9.78. The van der Waals surface area contributed by atoms with Gasteiger partial charge in [-0.2, -0.15) is 0 Å². The molecule has 1 N–H and O–H groups in total. The second kappa shape index (κ2) is 3.51. The summed E-state index contributed by atoms with van der Waals surface area (Å²) in [5.74, 6) is 0. The van der Waals surface area contributed by atoms with Crippen LogP contribution in [0.25, 0.3) is 0 Å². The summed E-state index contributed by atoms with van der Waals surface area (Å²) in [6.07, 6.45) is 2.46. The first-order valence-corrected chi connectivity index (χ1v) is 6.20. The van der Waals surface area contributed by atoms with Crippen LogP contribution < -0.4 is 5.32 Å². The fraction of sp³-hybridized carbons (Fsp3) is 0.600. The quantitative estimate of drug-likeness (QED) is 0.684. The first-order chi connectivity index (χ1) is 7.30. The minimum atomic E-state index is 0.206. The van der Waals surface area contributed by atoms with Crippen LogP contribution in [0.3, 0.4) is 0 Å². The van der Waals surface area contributed by atoms with Crippen LogP contribution in [-0.2, 0) is 5.41 Å². The first-order valence-electron chi connectivity index (χ1n) is 6.20. The Morgan fingerprint density at radius 1 is 1.06 bits per heavy atom. The largest absolute Gasteiger partial charge is 0.380 e. The Morgan fingerprint density at radius 3 is 2.44 bits per heavy atom. The third-order valence-electron chi connectivity index (χ3n) is 3.75. The van der Waals surface area contributed by atoms with Crippen molar-refractivity contribution in [3.63, 3.8) is 0 Å². The van der Waals surface area contributed by atoms with Gasteiger partial charge in [0, 0.05) is 11.2 Å². The molecule has 88 valence electrons. The average molecular weight is 217 g/mol. The van der Waals surface area contributed by atoms with Crippen molar-refractivity contribution in [2.45, 2.75) is 58.4 Å². The van der Waals surface area contributed by atoms with Crippen LogP contribution in [0.15, 0.2) is 18.2 Å². The van der Waals surface area contributed by atoms with E-state index in [4.69, 9.17) is 0 Å². The number of aryl methyl sites for hydroxylation is 1. The summed E-state index contributed by atoms with van der Waals surface area (Å²) in [5, 5.41) is 3.68. The maximum atomic E-state index is 3.68. The molecule has 0 saturated carbocycles. The van der Waals surface area contributed by atoms with Gasteiger partial charge in [-0.25, -0.2) is 0 Å². The van der Waals surface area contributed by atoms with E-state index in [0.717, 1.165) is 0 Å². The Bertz CT molecular complexity index is 402. The van der Waals surface area contributed by atoms with Gasteiger partial charge in [0.1, 0.15) is 0 Å². The van der Waals surface area contributed by atoms with Gasteiger partial charge < -0.3 is 5.32 Å². The van der Waals surface area contributed by atoms with Crippen molar-refractivity contribution in [3.8, 4) is 0 Å². The van der Waals surface area contributed by atoms with E-state index in [9.17, 15) is 0 Å². The molecule has 16 heavy (non-hydrogen) atoms. The maximum Gasteiger partial charge on any atom is 0.0382 e. The van der Waals surface area contributed by atoms with Crippen LogP contribution >= 0.6 is 0 Å². The predicted molar refractivity (Wildman–Crippen MR) is 71.1 cm³/mol. The number of hydrogen-bond donors (Lipinski definition) is 1. The SMILES string of the molecule is Cc1ccc2c(c1)C(C)(C)CCC(C)(C)N2. The second-order valence-electron chi connectivity index (χ2n) is 6.44. The predicted octanol–water partition coefficient (Wildman–Crippen LogP) is 4.26. The number of anilines is 1. The summed E-state index contributed by atoms with van der Waals surface area (Å²) in [7, 11) is 0. The number of fused-ring (bicyclic) bond motifs is 1. The molecule has 0 amide bonds. The molecule has 0 fully saturated rings. The van der Waals surface area contributed by atoms with E-state index in [2.05, 4.69) is 58.1 Å². The Kier molecular flexibility index (Phi) is 2.52. The Hall–Kier alpha value is -0.980. The maximum absolute atomic E-state index is 3.68. The van der Waals surface area contributed by atoms with Crippen molar-refractivity contribution in [3.05, 3.63) is 29.3 Å². The topological polar surface area (TPSA) is 12.0 Å². The lowest BCUT2D eigenvalue weighted by molar-refractivity contribution is 0.410. The fourth-order valence-electron chi connectivity index (χ4n) is 2.51. The molecular formula is C15H23N. The van der Waals surface area contributed by atoms with Crippen molar-refractivity contribution in [1.29, 1.82) is 0 Å². The standard InChI is InChI=1S/C15H23N/c1-11-6-7-13-12(10-11)14(2,3)8-9-15(4,5)16-13/h6-7,10,16H,8-9H2,1-5H3. The molecule has 1 nitrogen and oxygen atoms in total. The zero-order valence-corrected chi connectivity index (χ0v) is 11.1. The van der Waals surface area contributed by atoms with Crippen molar-refractivity contribution in [1.82, 2.24) is 0 Å². The molecule has 0 aliphatic carbocycles. The number of hydrogen-bond acceptors (Lipinski definition) is 1. The zero-order valence-electron chi connectivity index (χ0n) is 11.1. The fourth-order valence-corrected chi connectivity index (χ4v) is 2.51. The molecule has 0 bridgehead atoms. The molecule has 0 saturated heterocycles. The molecule has 0 spiro atoms.